The molecule has 3 nitrogen and oxygen atoms in total. The van der Waals surface area contributed by atoms with E-state index in [1.54, 1.807) is 17.3 Å². The highest BCUT2D eigenvalue weighted by molar-refractivity contribution is 5.57. The maximum Gasteiger partial charge on any atom is 0.153 e. The van der Waals surface area contributed by atoms with Crippen LogP contribution >= 0.6 is 0 Å². The van der Waals surface area contributed by atoms with Crippen LogP contribution in [0.3, 0.4) is 0 Å². The van der Waals surface area contributed by atoms with Crippen LogP contribution in [0.1, 0.15) is 26.3 Å². The molecule has 0 saturated carbocycles. The highest BCUT2D eigenvalue weighted by atomic mass is 15.5. The SMILES string of the molecule is C=C/C(C)=C/N(/N=C\C)c1ccc(CC)cn1. The molecule has 0 fully saturated rings. The van der Waals surface area contributed by atoms with E-state index in [-0.39, 0.29) is 0 Å². The lowest BCUT2D eigenvalue weighted by Crippen LogP contribution is -2.10. The molecule has 0 spiro atoms. The average Bonchev–Trinajstić information content (AvgIpc) is 2.38. The Morgan fingerprint density at radius 2 is 2.29 bits per heavy atom. The summed E-state index contributed by atoms with van der Waals surface area (Å²) >= 11 is 0. The third-order valence-corrected chi connectivity index (χ3v) is 2.34. The molecule has 0 aliphatic heterocycles. The van der Waals surface area contributed by atoms with E-state index in [1.165, 1.54) is 5.56 Å². The Morgan fingerprint density at radius 1 is 1.53 bits per heavy atom. The number of hydrogen-bond acceptors (Lipinski definition) is 3. The fourth-order valence-corrected chi connectivity index (χ4v) is 1.29. The normalized spacial score (nSPS) is 11.8. The largest absolute Gasteiger partial charge is 0.237 e. The Bertz CT molecular complexity index is 416. The van der Waals surface area contributed by atoms with E-state index in [9.17, 15) is 0 Å². The van der Waals surface area contributed by atoms with Crippen molar-refractivity contribution in [3.05, 3.63) is 48.3 Å². The zero-order chi connectivity index (χ0) is 12.7. The topological polar surface area (TPSA) is 28.5 Å². The van der Waals surface area contributed by atoms with Crippen LogP contribution in [0.15, 0.2) is 47.9 Å². The first-order valence-corrected chi connectivity index (χ1v) is 5.74. The van der Waals surface area contributed by atoms with Crippen molar-refractivity contribution in [1.29, 1.82) is 0 Å². The lowest BCUT2D eigenvalue weighted by Gasteiger charge is -2.14. The Balaban J connectivity index is 3.01. The van der Waals surface area contributed by atoms with Crippen LogP contribution in [-0.2, 0) is 6.42 Å². The molecular formula is C14H19N3. The monoisotopic (exact) mass is 229 g/mol. The number of hydrazone groups is 1. The molecule has 0 radical (unpaired) electrons. The molecule has 0 aromatic carbocycles. The number of rotatable bonds is 5. The van der Waals surface area contributed by atoms with E-state index in [1.807, 2.05) is 32.3 Å². The van der Waals surface area contributed by atoms with Gasteiger partial charge >= 0.3 is 0 Å². The number of aryl methyl sites for hydroxylation is 1. The van der Waals surface area contributed by atoms with E-state index in [4.69, 9.17) is 0 Å². The quantitative estimate of drug-likeness (QED) is 0.439. The van der Waals surface area contributed by atoms with Crippen LogP contribution in [-0.4, -0.2) is 11.2 Å². The summed E-state index contributed by atoms with van der Waals surface area (Å²) < 4.78 is 0. The summed E-state index contributed by atoms with van der Waals surface area (Å²) in [6.07, 6.45) is 8.30. The highest BCUT2D eigenvalue weighted by Gasteiger charge is 2.02. The van der Waals surface area contributed by atoms with Crippen LogP contribution < -0.4 is 5.01 Å². The Labute approximate surface area is 103 Å². The van der Waals surface area contributed by atoms with Gasteiger partial charge in [0.1, 0.15) is 0 Å². The molecule has 0 N–H and O–H groups in total. The third kappa shape index (κ3) is 3.87. The van der Waals surface area contributed by atoms with Crippen LogP contribution in [0.25, 0.3) is 0 Å². The maximum absolute atomic E-state index is 4.39. The molecule has 1 heterocycles. The number of nitrogens with zero attached hydrogens (tertiary/aromatic N) is 3. The van der Waals surface area contributed by atoms with Gasteiger partial charge in [-0.3, -0.25) is 0 Å². The predicted molar refractivity (Wildman–Crippen MR) is 74.2 cm³/mol. The van der Waals surface area contributed by atoms with Crippen LogP contribution in [0, 0.1) is 0 Å². The van der Waals surface area contributed by atoms with Crippen molar-refractivity contribution in [2.24, 2.45) is 5.10 Å². The van der Waals surface area contributed by atoms with E-state index >= 15 is 0 Å². The maximum atomic E-state index is 4.39. The first-order chi connectivity index (χ1) is 8.21. The van der Waals surface area contributed by atoms with Crippen molar-refractivity contribution in [1.82, 2.24) is 4.98 Å². The number of aromatic nitrogens is 1. The summed E-state index contributed by atoms with van der Waals surface area (Å²) in [4.78, 5) is 4.39. The second-order valence-electron chi connectivity index (χ2n) is 3.67. The number of allylic oxidation sites excluding steroid dienone is 2. The van der Waals surface area contributed by atoms with Gasteiger partial charge in [0, 0.05) is 18.6 Å². The lowest BCUT2D eigenvalue weighted by atomic mass is 10.2. The zero-order valence-corrected chi connectivity index (χ0v) is 10.7. The first-order valence-electron chi connectivity index (χ1n) is 5.74. The molecule has 90 valence electrons. The van der Waals surface area contributed by atoms with Gasteiger partial charge in [-0.2, -0.15) is 5.10 Å². The van der Waals surface area contributed by atoms with Gasteiger partial charge in [0.2, 0.25) is 0 Å². The van der Waals surface area contributed by atoms with E-state index in [2.05, 4.69) is 29.7 Å². The van der Waals surface area contributed by atoms with Crippen molar-refractivity contribution >= 4 is 12.0 Å². The standard InChI is InChI=1S/C14H19N3/c1-5-12(4)11-17(16-7-3)14-9-8-13(6-2)10-15-14/h5,7-11H,1,6H2,2-4H3/b12-11+,16-7-. The summed E-state index contributed by atoms with van der Waals surface area (Å²) in [7, 11) is 0. The molecule has 17 heavy (non-hydrogen) atoms. The number of hydrogen-bond donors (Lipinski definition) is 0. The number of anilines is 1. The van der Waals surface area contributed by atoms with Crippen molar-refractivity contribution < 1.29 is 0 Å². The van der Waals surface area contributed by atoms with Crippen molar-refractivity contribution in [3.8, 4) is 0 Å². The zero-order valence-electron chi connectivity index (χ0n) is 10.7. The van der Waals surface area contributed by atoms with E-state index < -0.39 is 0 Å². The summed E-state index contributed by atoms with van der Waals surface area (Å²) in [6, 6.07) is 4.04. The molecule has 0 unspecified atom stereocenters. The molecule has 0 aliphatic carbocycles. The van der Waals surface area contributed by atoms with Gasteiger partial charge in [-0.05, 0) is 37.5 Å². The Hall–Kier alpha value is -1.90. The average molecular weight is 229 g/mol. The molecule has 0 atom stereocenters. The summed E-state index contributed by atoms with van der Waals surface area (Å²) in [5.41, 5.74) is 2.26. The fourth-order valence-electron chi connectivity index (χ4n) is 1.29. The Morgan fingerprint density at radius 3 is 2.76 bits per heavy atom. The lowest BCUT2D eigenvalue weighted by molar-refractivity contribution is 1.01. The Kier molecular flexibility index (Phi) is 5.14. The summed E-state index contributed by atoms with van der Waals surface area (Å²) in [6.45, 7) is 9.70. The molecule has 1 aromatic heterocycles. The van der Waals surface area contributed by atoms with Crippen molar-refractivity contribution in [2.45, 2.75) is 27.2 Å². The third-order valence-electron chi connectivity index (χ3n) is 2.34. The summed E-state index contributed by atoms with van der Waals surface area (Å²) in [5.74, 6) is 0.807. The first kappa shape index (κ1) is 13.2. The van der Waals surface area contributed by atoms with Gasteiger partial charge in [0.05, 0.1) is 0 Å². The minimum Gasteiger partial charge on any atom is -0.237 e. The molecule has 0 amide bonds. The molecule has 0 saturated heterocycles. The van der Waals surface area contributed by atoms with Gasteiger partial charge in [-0.1, -0.05) is 25.6 Å². The molecule has 1 aromatic rings. The summed E-state index contributed by atoms with van der Waals surface area (Å²) in [5, 5.41) is 6.01. The van der Waals surface area contributed by atoms with Crippen LogP contribution in [0.2, 0.25) is 0 Å². The minimum absolute atomic E-state index is 0.807. The highest BCUT2D eigenvalue weighted by Crippen LogP contribution is 2.14. The second kappa shape index (κ2) is 6.63. The number of pyridine rings is 1. The smallest absolute Gasteiger partial charge is 0.153 e. The van der Waals surface area contributed by atoms with Gasteiger partial charge in [-0.15, -0.1) is 0 Å². The van der Waals surface area contributed by atoms with Gasteiger partial charge in [-0.25, -0.2) is 9.99 Å². The van der Waals surface area contributed by atoms with Gasteiger partial charge in [0.15, 0.2) is 5.82 Å². The second-order valence-corrected chi connectivity index (χ2v) is 3.67. The van der Waals surface area contributed by atoms with Crippen molar-refractivity contribution in [3.63, 3.8) is 0 Å². The van der Waals surface area contributed by atoms with E-state index in [0.717, 1.165) is 17.8 Å². The van der Waals surface area contributed by atoms with Gasteiger partial charge in [0.25, 0.3) is 0 Å². The molecule has 0 bridgehead atoms. The van der Waals surface area contributed by atoms with Crippen LogP contribution in [0.5, 0.6) is 0 Å². The van der Waals surface area contributed by atoms with Gasteiger partial charge < -0.3 is 0 Å². The van der Waals surface area contributed by atoms with E-state index in [0.29, 0.717) is 0 Å². The van der Waals surface area contributed by atoms with Crippen molar-refractivity contribution in [2.75, 3.05) is 5.01 Å². The fraction of sp³-hybridized carbons (Fsp3) is 0.286. The van der Waals surface area contributed by atoms with Crippen LogP contribution in [0.4, 0.5) is 5.82 Å². The molecule has 1 rings (SSSR count). The molecular weight excluding hydrogens is 210 g/mol. The molecule has 0 aliphatic rings. The predicted octanol–water partition coefficient (Wildman–Crippen LogP) is 3.55. The molecule has 3 heteroatoms. The minimum atomic E-state index is 0.807.